The molecular weight excluding hydrogens is 386 g/mol. The maximum absolute atomic E-state index is 13.5. The number of carbonyl (C=O) groups is 1. The third-order valence-electron chi connectivity index (χ3n) is 4.98. The van der Waals surface area contributed by atoms with E-state index in [1.165, 1.54) is 13.1 Å². The number of fused-ring (bicyclic) bond motifs is 2. The zero-order valence-corrected chi connectivity index (χ0v) is 17.1. The van der Waals surface area contributed by atoms with Gasteiger partial charge in [0.2, 0.25) is 5.78 Å². The lowest BCUT2D eigenvalue weighted by molar-refractivity contribution is 0.101. The van der Waals surface area contributed by atoms with E-state index in [4.69, 9.17) is 4.74 Å². The molecule has 0 bridgehead atoms. The molecule has 0 saturated carbocycles. The van der Waals surface area contributed by atoms with Crippen LogP contribution in [0.25, 0.3) is 16.5 Å². The minimum atomic E-state index is -3.85. The number of ketones is 1. The predicted molar refractivity (Wildman–Crippen MR) is 113 cm³/mol. The maximum Gasteiger partial charge on any atom is 0.265 e. The summed E-state index contributed by atoms with van der Waals surface area (Å²) in [6.07, 6.45) is 0.736. The maximum atomic E-state index is 13.5. The lowest BCUT2D eigenvalue weighted by atomic mass is 10.0. The van der Waals surface area contributed by atoms with Gasteiger partial charge in [-0.1, -0.05) is 55.5 Å². The standard InChI is InChI=1S/C23H21NO4S/c1-3-14-28-23-19-10-6-7-11-20(19)29(26,27)24(2)21(23)22(25)18-13-12-16-8-4-5-9-17(16)15-18/h4-13,15H,3,14H2,1-2H3. The number of carbonyl (C=O) groups excluding carboxylic acids is 1. The van der Waals surface area contributed by atoms with E-state index in [0.717, 1.165) is 21.5 Å². The lowest BCUT2D eigenvalue weighted by Crippen LogP contribution is -2.35. The molecule has 6 heteroatoms. The lowest BCUT2D eigenvalue weighted by Gasteiger charge is -2.30. The van der Waals surface area contributed by atoms with Gasteiger partial charge in [0.05, 0.1) is 11.5 Å². The molecule has 148 valence electrons. The highest BCUT2D eigenvalue weighted by atomic mass is 32.2. The Morgan fingerprint density at radius 1 is 0.966 bits per heavy atom. The molecule has 0 radical (unpaired) electrons. The Morgan fingerprint density at radius 3 is 2.41 bits per heavy atom. The number of rotatable bonds is 5. The first-order valence-electron chi connectivity index (χ1n) is 9.44. The van der Waals surface area contributed by atoms with Crippen LogP contribution in [-0.2, 0) is 14.8 Å². The molecule has 3 aromatic carbocycles. The van der Waals surface area contributed by atoms with E-state index in [0.29, 0.717) is 23.5 Å². The van der Waals surface area contributed by atoms with Crippen molar-refractivity contribution in [1.29, 1.82) is 0 Å². The molecule has 0 spiro atoms. The summed E-state index contributed by atoms with van der Waals surface area (Å²) >= 11 is 0. The zero-order valence-electron chi connectivity index (χ0n) is 16.3. The van der Waals surface area contributed by atoms with E-state index in [9.17, 15) is 13.2 Å². The van der Waals surface area contributed by atoms with Gasteiger partial charge in [-0.25, -0.2) is 8.42 Å². The van der Waals surface area contributed by atoms with Crippen molar-refractivity contribution in [2.75, 3.05) is 13.7 Å². The number of likely N-dealkylation sites (N-methyl/N-ethyl adjacent to an activating group) is 1. The van der Waals surface area contributed by atoms with Gasteiger partial charge in [-0.2, -0.15) is 0 Å². The topological polar surface area (TPSA) is 63.7 Å². The first-order chi connectivity index (χ1) is 13.9. The van der Waals surface area contributed by atoms with Gasteiger partial charge in [0.25, 0.3) is 10.0 Å². The smallest absolute Gasteiger partial charge is 0.265 e. The van der Waals surface area contributed by atoms with E-state index >= 15 is 0 Å². The third-order valence-corrected chi connectivity index (χ3v) is 6.79. The van der Waals surface area contributed by atoms with Crippen molar-refractivity contribution in [3.05, 3.63) is 83.6 Å². The number of nitrogens with zero attached hydrogens (tertiary/aromatic N) is 1. The molecule has 1 aliphatic heterocycles. The molecule has 0 N–H and O–H groups in total. The Balaban J connectivity index is 1.93. The van der Waals surface area contributed by atoms with E-state index in [1.807, 2.05) is 37.3 Å². The molecule has 0 unspecified atom stereocenters. The number of benzene rings is 3. The average Bonchev–Trinajstić information content (AvgIpc) is 2.74. The molecule has 5 nitrogen and oxygen atoms in total. The van der Waals surface area contributed by atoms with Crippen molar-refractivity contribution in [1.82, 2.24) is 4.31 Å². The molecule has 3 aromatic rings. The van der Waals surface area contributed by atoms with E-state index in [-0.39, 0.29) is 16.4 Å². The van der Waals surface area contributed by atoms with Crippen LogP contribution in [0.4, 0.5) is 0 Å². The van der Waals surface area contributed by atoms with Crippen molar-refractivity contribution >= 4 is 32.3 Å². The van der Waals surface area contributed by atoms with Gasteiger partial charge in [-0.3, -0.25) is 9.10 Å². The normalized spacial score (nSPS) is 15.3. The first-order valence-corrected chi connectivity index (χ1v) is 10.9. The summed E-state index contributed by atoms with van der Waals surface area (Å²) in [5.74, 6) is -0.0830. The van der Waals surface area contributed by atoms with Crippen molar-refractivity contribution in [3.63, 3.8) is 0 Å². The second-order valence-corrected chi connectivity index (χ2v) is 8.82. The minimum Gasteiger partial charge on any atom is -0.491 e. The largest absolute Gasteiger partial charge is 0.491 e. The quantitative estimate of drug-likeness (QED) is 0.586. The van der Waals surface area contributed by atoms with Crippen LogP contribution in [0.3, 0.4) is 0 Å². The Morgan fingerprint density at radius 2 is 1.66 bits per heavy atom. The highest BCUT2D eigenvalue weighted by Crippen LogP contribution is 2.38. The van der Waals surface area contributed by atoms with Crippen molar-refractivity contribution < 1.29 is 17.9 Å². The molecule has 1 aliphatic rings. The molecule has 0 saturated heterocycles. The summed E-state index contributed by atoms with van der Waals surface area (Å²) in [7, 11) is -2.45. The van der Waals surface area contributed by atoms with Crippen molar-refractivity contribution in [3.8, 4) is 0 Å². The fourth-order valence-corrected chi connectivity index (χ4v) is 4.87. The Labute approximate surface area is 170 Å². The van der Waals surface area contributed by atoms with Gasteiger partial charge in [0.1, 0.15) is 5.70 Å². The molecular formula is C23H21NO4S. The van der Waals surface area contributed by atoms with Crippen LogP contribution in [0.5, 0.6) is 0 Å². The molecule has 0 amide bonds. The van der Waals surface area contributed by atoms with Crippen molar-refractivity contribution in [2.45, 2.75) is 18.2 Å². The van der Waals surface area contributed by atoms with Gasteiger partial charge >= 0.3 is 0 Å². The van der Waals surface area contributed by atoms with Gasteiger partial charge in [-0.15, -0.1) is 0 Å². The summed E-state index contributed by atoms with van der Waals surface area (Å²) in [6, 6.07) is 19.7. The van der Waals surface area contributed by atoms with E-state index in [1.54, 1.807) is 30.3 Å². The van der Waals surface area contributed by atoms with Gasteiger partial charge < -0.3 is 4.74 Å². The Bertz CT molecular complexity index is 1240. The number of sulfonamides is 1. The predicted octanol–water partition coefficient (Wildman–Crippen LogP) is 4.45. The summed E-state index contributed by atoms with van der Waals surface area (Å²) in [6.45, 7) is 2.34. The number of allylic oxidation sites excluding steroid dienone is 1. The summed E-state index contributed by atoms with van der Waals surface area (Å²) in [5, 5.41) is 1.92. The zero-order chi connectivity index (χ0) is 20.6. The van der Waals surface area contributed by atoms with Crippen LogP contribution in [0.2, 0.25) is 0 Å². The number of hydrogen-bond acceptors (Lipinski definition) is 4. The first kappa shape index (κ1) is 19.2. The highest BCUT2D eigenvalue weighted by molar-refractivity contribution is 7.89. The fourth-order valence-electron chi connectivity index (χ4n) is 3.48. The van der Waals surface area contributed by atoms with E-state index < -0.39 is 10.0 Å². The van der Waals surface area contributed by atoms with Gasteiger partial charge in [0, 0.05) is 18.2 Å². The second-order valence-electron chi connectivity index (χ2n) is 6.89. The molecule has 1 heterocycles. The van der Waals surface area contributed by atoms with Crippen LogP contribution >= 0.6 is 0 Å². The molecule has 0 fully saturated rings. The van der Waals surface area contributed by atoms with Gasteiger partial charge in [0.15, 0.2) is 5.76 Å². The number of hydrogen-bond donors (Lipinski definition) is 0. The molecule has 0 aromatic heterocycles. The second kappa shape index (κ2) is 7.37. The molecule has 0 atom stereocenters. The fraction of sp³-hybridized carbons (Fsp3) is 0.174. The Hall–Kier alpha value is -3.12. The number of Topliss-reactive ketones (excluding diaryl/α,β-unsaturated/α-hetero) is 1. The SMILES string of the molecule is CCCOC1=C(C(=O)c2ccc3ccccc3c2)N(C)S(=O)(=O)c2ccccc21. The summed E-state index contributed by atoms with van der Waals surface area (Å²) < 4.78 is 33.1. The number of ether oxygens (including phenoxy) is 1. The van der Waals surface area contributed by atoms with E-state index in [2.05, 4.69) is 0 Å². The van der Waals surface area contributed by atoms with Crippen LogP contribution in [0.1, 0.15) is 29.3 Å². The molecule has 0 aliphatic carbocycles. The highest BCUT2D eigenvalue weighted by Gasteiger charge is 2.38. The summed E-state index contributed by atoms with van der Waals surface area (Å²) in [5.41, 5.74) is 0.869. The van der Waals surface area contributed by atoms with Crippen LogP contribution in [0.15, 0.2) is 77.3 Å². The van der Waals surface area contributed by atoms with Crippen LogP contribution < -0.4 is 0 Å². The Kier molecular flexibility index (Phi) is 4.88. The van der Waals surface area contributed by atoms with Crippen LogP contribution in [0, 0.1) is 0 Å². The minimum absolute atomic E-state index is 0.0347. The van der Waals surface area contributed by atoms with Crippen molar-refractivity contribution in [2.24, 2.45) is 0 Å². The summed E-state index contributed by atoms with van der Waals surface area (Å²) in [4.78, 5) is 13.6. The average molecular weight is 407 g/mol. The molecule has 4 rings (SSSR count). The molecule has 29 heavy (non-hydrogen) atoms. The third kappa shape index (κ3) is 3.19. The monoisotopic (exact) mass is 407 g/mol. The van der Waals surface area contributed by atoms with Gasteiger partial charge in [-0.05, 0) is 35.4 Å². The van der Waals surface area contributed by atoms with Crippen LogP contribution in [-0.4, -0.2) is 32.2 Å².